The molecule has 12 nitrogen and oxygen atoms in total. The molecule has 0 spiro atoms. The highest BCUT2D eigenvalue weighted by Crippen LogP contribution is 2.36. The highest BCUT2D eigenvalue weighted by atomic mass is 35.5. The van der Waals surface area contributed by atoms with Crippen molar-refractivity contribution in [1.82, 2.24) is 24.8 Å². The van der Waals surface area contributed by atoms with Crippen LogP contribution in [0.1, 0.15) is 26.2 Å². The highest BCUT2D eigenvalue weighted by Gasteiger charge is 2.40. The van der Waals surface area contributed by atoms with Crippen molar-refractivity contribution < 1.29 is 19.5 Å². The topological polar surface area (TPSA) is 168 Å². The molecule has 13 heteroatoms. The summed E-state index contributed by atoms with van der Waals surface area (Å²) in [4.78, 5) is 51.3. The highest BCUT2D eigenvalue weighted by molar-refractivity contribution is 6.33. The Hall–Kier alpha value is -4.55. The molecule has 1 fully saturated rings. The maximum Gasteiger partial charge on any atom is 0.312 e. The van der Waals surface area contributed by atoms with E-state index < -0.39 is 23.8 Å². The molecule has 212 valence electrons. The number of hydrogen-bond donors (Lipinski definition) is 4. The number of halogens is 1. The summed E-state index contributed by atoms with van der Waals surface area (Å²) < 4.78 is 1.86. The van der Waals surface area contributed by atoms with Crippen LogP contribution in [0.15, 0.2) is 54.9 Å². The maximum absolute atomic E-state index is 12.3. The van der Waals surface area contributed by atoms with Crippen LogP contribution in [0.2, 0.25) is 5.02 Å². The van der Waals surface area contributed by atoms with Crippen molar-refractivity contribution in [2.24, 2.45) is 5.73 Å². The van der Waals surface area contributed by atoms with Gasteiger partial charge in [0.2, 0.25) is 11.8 Å². The Morgan fingerprint density at radius 3 is 2.41 bits per heavy atom. The molecule has 2 aromatic carbocycles. The second-order valence-electron chi connectivity index (χ2n) is 9.75. The fraction of sp³-hybridized carbons (Fsp3) is 0.286. The van der Waals surface area contributed by atoms with E-state index in [1.165, 1.54) is 6.33 Å². The fourth-order valence-electron chi connectivity index (χ4n) is 5.16. The zero-order valence-electron chi connectivity index (χ0n) is 22.3. The summed E-state index contributed by atoms with van der Waals surface area (Å²) in [5.74, 6) is -1.01. The van der Waals surface area contributed by atoms with Crippen LogP contribution >= 0.6 is 11.6 Å². The van der Waals surface area contributed by atoms with E-state index in [-0.39, 0.29) is 5.91 Å². The number of benzene rings is 2. The van der Waals surface area contributed by atoms with Crippen LogP contribution in [-0.4, -0.2) is 67.6 Å². The molecular formula is C28H29ClN8O4. The molecule has 3 heterocycles. The summed E-state index contributed by atoms with van der Waals surface area (Å²) in [6, 6.07) is 14.3. The second-order valence-corrected chi connectivity index (χ2v) is 10.2. The average molecular weight is 577 g/mol. The number of fused-ring (bicyclic) bond motifs is 1. The van der Waals surface area contributed by atoms with E-state index in [4.69, 9.17) is 27.4 Å². The largest absolute Gasteiger partial charge is 0.481 e. The summed E-state index contributed by atoms with van der Waals surface area (Å²) >= 11 is 6.60. The first kappa shape index (κ1) is 28.0. The van der Waals surface area contributed by atoms with Gasteiger partial charge in [0.1, 0.15) is 24.1 Å². The molecule has 1 aliphatic heterocycles. The summed E-state index contributed by atoms with van der Waals surface area (Å²) in [6.07, 6.45) is 1.90. The third kappa shape index (κ3) is 5.56. The smallest absolute Gasteiger partial charge is 0.312 e. The minimum Gasteiger partial charge on any atom is -0.481 e. The van der Waals surface area contributed by atoms with E-state index >= 15 is 0 Å². The van der Waals surface area contributed by atoms with Gasteiger partial charge in [-0.1, -0.05) is 30.7 Å². The Morgan fingerprint density at radius 1 is 1.07 bits per heavy atom. The lowest BCUT2D eigenvalue weighted by atomic mass is 9.86. The summed E-state index contributed by atoms with van der Waals surface area (Å²) in [7, 11) is 0. The van der Waals surface area contributed by atoms with Crippen LogP contribution in [0.5, 0.6) is 0 Å². The minimum atomic E-state index is -1.21. The standard InChI is InChI=1S/C28H29ClN8O4/c1-2-33-28(27(30)41)11-13-36(14-12-28)25-23-26(32-16-31-25)37(24(35-23)19-5-3-4-6-20(19)29)18-9-7-17(8-10-18)34-21(38)15-22(39)40/h3-10,16,33H,2,11-15H2,1H3,(H2,30,41)(H,34,38)(H,39,40). The molecule has 1 aliphatic rings. The van der Waals surface area contributed by atoms with E-state index in [2.05, 4.69) is 25.5 Å². The molecule has 5 N–H and O–H groups in total. The van der Waals surface area contributed by atoms with Crippen molar-refractivity contribution in [3.8, 4) is 17.1 Å². The number of amides is 2. The first-order valence-corrected chi connectivity index (χ1v) is 13.5. The Kier molecular flexibility index (Phi) is 7.86. The van der Waals surface area contributed by atoms with Gasteiger partial charge in [-0.05, 0) is 55.8 Å². The van der Waals surface area contributed by atoms with Crippen LogP contribution in [0.3, 0.4) is 0 Å². The number of aromatic nitrogens is 4. The van der Waals surface area contributed by atoms with E-state index in [1.807, 2.05) is 29.7 Å². The molecule has 0 bridgehead atoms. The molecular weight excluding hydrogens is 548 g/mol. The number of primary amides is 1. The molecule has 41 heavy (non-hydrogen) atoms. The van der Waals surface area contributed by atoms with Crippen LogP contribution in [0.4, 0.5) is 11.5 Å². The number of imidazole rings is 1. The lowest BCUT2D eigenvalue weighted by molar-refractivity contribution is -0.139. The quantitative estimate of drug-likeness (QED) is 0.219. The lowest BCUT2D eigenvalue weighted by Gasteiger charge is -2.40. The molecule has 4 aromatic rings. The van der Waals surface area contributed by atoms with Gasteiger partial charge in [-0.25, -0.2) is 15.0 Å². The van der Waals surface area contributed by atoms with Gasteiger partial charge in [0.05, 0.1) is 5.02 Å². The number of carbonyl (C=O) groups excluding carboxylic acids is 2. The van der Waals surface area contributed by atoms with Crippen molar-refractivity contribution >= 4 is 52.1 Å². The summed E-state index contributed by atoms with van der Waals surface area (Å²) in [5, 5.41) is 15.2. The molecule has 5 rings (SSSR count). The summed E-state index contributed by atoms with van der Waals surface area (Å²) in [5.41, 5.74) is 7.95. The number of hydrogen-bond acceptors (Lipinski definition) is 8. The zero-order valence-corrected chi connectivity index (χ0v) is 23.1. The van der Waals surface area contributed by atoms with E-state index in [9.17, 15) is 14.4 Å². The Bertz CT molecular complexity index is 1610. The SMILES string of the molecule is CCNC1(C(N)=O)CCN(c2ncnc3c2nc(-c2ccccc2Cl)n3-c2ccc(NC(=O)CC(=O)O)cc2)CC1. The third-order valence-corrected chi connectivity index (χ3v) is 7.49. The number of nitrogens with zero attached hydrogens (tertiary/aromatic N) is 5. The number of nitrogens with two attached hydrogens (primary N) is 1. The predicted molar refractivity (Wildman–Crippen MR) is 155 cm³/mol. The van der Waals surface area contributed by atoms with E-state index in [1.54, 1.807) is 30.3 Å². The zero-order chi connectivity index (χ0) is 29.1. The predicted octanol–water partition coefficient (Wildman–Crippen LogP) is 2.98. The van der Waals surface area contributed by atoms with Gasteiger partial charge in [0.15, 0.2) is 17.0 Å². The number of likely N-dealkylation sites (N-methyl/N-ethyl adjacent to an activating group) is 1. The number of piperidine rings is 1. The molecule has 0 saturated carbocycles. The lowest BCUT2D eigenvalue weighted by Crippen LogP contribution is -2.61. The molecule has 1 saturated heterocycles. The van der Waals surface area contributed by atoms with Crippen molar-refractivity contribution in [3.63, 3.8) is 0 Å². The van der Waals surface area contributed by atoms with Crippen molar-refractivity contribution in [1.29, 1.82) is 0 Å². The third-order valence-electron chi connectivity index (χ3n) is 7.16. The number of carbonyl (C=O) groups is 3. The van der Waals surface area contributed by atoms with Gasteiger partial charge < -0.3 is 26.4 Å². The molecule has 2 aromatic heterocycles. The molecule has 0 aliphatic carbocycles. The van der Waals surface area contributed by atoms with Crippen LogP contribution in [0, 0.1) is 0 Å². The minimum absolute atomic E-state index is 0.361. The second kappa shape index (κ2) is 11.5. The van der Waals surface area contributed by atoms with Gasteiger partial charge in [-0.15, -0.1) is 0 Å². The monoisotopic (exact) mass is 576 g/mol. The van der Waals surface area contributed by atoms with E-state index in [0.717, 1.165) is 0 Å². The molecule has 0 radical (unpaired) electrons. The molecule has 0 atom stereocenters. The number of rotatable bonds is 9. The molecule has 0 unspecified atom stereocenters. The van der Waals surface area contributed by atoms with Crippen molar-refractivity contribution in [3.05, 3.63) is 59.9 Å². The maximum atomic E-state index is 12.3. The number of anilines is 2. The van der Waals surface area contributed by atoms with Crippen LogP contribution in [-0.2, 0) is 14.4 Å². The molecule has 2 amide bonds. The van der Waals surface area contributed by atoms with Gasteiger partial charge in [0.25, 0.3) is 0 Å². The van der Waals surface area contributed by atoms with Crippen molar-refractivity contribution in [2.45, 2.75) is 31.7 Å². The van der Waals surface area contributed by atoms with Gasteiger partial charge in [0, 0.05) is 30.0 Å². The Morgan fingerprint density at radius 2 is 1.78 bits per heavy atom. The van der Waals surface area contributed by atoms with E-state index in [0.29, 0.717) is 77.2 Å². The number of aliphatic carboxylic acids is 1. The first-order valence-electron chi connectivity index (χ1n) is 13.1. The van der Waals surface area contributed by atoms with Crippen molar-refractivity contribution in [2.75, 3.05) is 29.9 Å². The van der Waals surface area contributed by atoms with Crippen LogP contribution < -0.4 is 21.3 Å². The first-order chi connectivity index (χ1) is 19.7. The number of carboxylic acids is 1. The average Bonchev–Trinajstić information content (AvgIpc) is 3.33. The van der Waals surface area contributed by atoms with Gasteiger partial charge in [-0.2, -0.15) is 0 Å². The number of carboxylic acid groups (broad SMARTS) is 1. The summed E-state index contributed by atoms with van der Waals surface area (Å²) in [6.45, 7) is 3.67. The number of nitrogens with one attached hydrogen (secondary N) is 2. The van der Waals surface area contributed by atoms with Crippen LogP contribution in [0.25, 0.3) is 28.2 Å². The normalized spacial score (nSPS) is 14.6. The Balaban J connectivity index is 1.56. The van der Waals surface area contributed by atoms with Gasteiger partial charge >= 0.3 is 5.97 Å². The van der Waals surface area contributed by atoms with Gasteiger partial charge in [-0.3, -0.25) is 19.0 Å². The Labute approximate surface area is 240 Å². The fourth-order valence-corrected chi connectivity index (χ4v) is 5.39.